The van der Waals surface area contributed by atoms with Gasteiger partial charge in [0.2, 0.25) is 0 Å². The maximum Gasteiger partial charge on any atom is 0.251 e. The van der Waals surface area contributed by atoms with Crippen molar-refractivity contribution in [1.29, 1.82) is 0 Å². The van der Waals surface area contributed by atoms with Gasteiger partial charge in [-0.15, -0.1) is 0 Å². The molecule has 2 rings (SSSR count). The Bertz CT molecular complexity index is 568. The number of aliphatic hydroxyl groups excluding tert-OH is 1. The number of aliphatic hydroxyl groups is 1. The first kappa shape index (κ1) is 13.1. The topological polar surface area (TPSA) is 75.4 Å². The predicted octanol–water partition coefficient (Wildman–Crippen LogP) is 1.69. The zero-order valence-electron chi connectivity index (χ0n) is 10.5. The lowest BCUT2D eigenvalue weighted by Crippen LogP contribution is -2.24. The van der Waals surface area contributed by atoms with E-state index in [0.717, 1.165) is 5.56 Å². The molecule has 0 spiro atoms. The number of benzene rings is 2. The van der Waals surface area contributed by atoms with E-state index in [1.54, 1.807) is 18.2 Å². The molecule has 98 valence electrons. The number of carbonyl (C=O) groups excluding carboxylic acids is 1. The Morgan fingerprint density at radius 1 is 1.11 bits per heavy atom. The van der Waals surface area contributed by atoms with Gasteiger partial charge >= 0.3 is 0 Å². The molecule has 0 atom stereocenters. The van der Waals surface area contributed by atoms with Crippen LogP contribution in [0.2, 0.25) is 0 Å². The van der Waals surface area contributed by atoms with Crippen LogP contribution in [0.4, 0.5) is 5.69 Å². The molecule has 0 radical (unpaired) electrons. The molecule has 4 nitrogen and oxygen atoms in total. The molecule has 0 aromatic heterocycles. The fraction of sp³-hybridized carbons (Fsp3) is 0.133. The highest BCUT2D eigenvalue weighted by Gasteiger charge is 2.12. The summed E-state index contributed by atoms with van der Waals surface area (Å²) in [5.41, 5.74) is 8.06. The third-order valence-electron chi connectivity index (χ3n) is 2.91. The van der Waals surface area contributed by atoms with E-state index in [-0.39, 0.29) is 12.5 Å². The summed E-state index contributed by atoms with van der Waals surface area (Å²) >= 11 is 0. The predicted molar refractivity (Wildman–Crippen MR) is 74.4 cm³/mol. The molecule has 0 saturated carbocycles. The molecule has 0 aliphatic heterocycles. The normalized spacial score (nSPS) is 10.2. The number of hydrogen-bond donors (Lipinski definition) is 3. The summed E-state index contributed by atoms with van der Waals surface area (Å²) in [7, 11) is 0. The molecule has 0 heterocycles. The lowest BCUT2D eigenvalue weighted by molar-refractivity contribution is 0.0948. The number of nitrogens with one attached hydrogen (secondary N) is 1. The number of amides is 1. The van der Waals surface area contributed by atoms with Gasteiger partial charge in [-0.05, 0) is 17.7 Å². The van der Waals surface area contributed by atoms with Gasteiger partial charge in [-0.2, -0.15) is 0 Å². The van der Waals surface area contributed by atoms with E-state index in [4.69, 9.17) is 5.73 Å². The van der Waals surface area contributed by atoms with Gasteiger partial charge in [0.25, 0.3) is 5.91 Å². The number of nitrogens with two attached hydrogens (primary N) is 1. The van der Waals surface area contributed by atoms with Crippen molar-refractivity contribution in [3.8, 4) is 0 Å². The number of rotatable bonds is 4. The van der Waals surface area contributed by atoms with E-state index < -0.39 is 0 Å². The van der Waals surface area contributed by atoms with Crippen molar-refractivity contribution in [3.05, 3.63) is 65.2 Å². The quantitative estimate of drug-likeness (QED) is 0.729. The fourth-order valence-corrected chi connectivity index (χ4v) is 1.87. The Morgan fingerprint density at radius 2 is 1.84 bits per heavy atom. The molecule has 2 aromatic rings. The molecule has 0 fully saturated rings. The van der Waals surface area contributed by atoms with E-state index in [1.807, 2.05) is 30.3 Å². The number of nitrogen functional groups attached to an aromatic ring is 1. The zero-order chi connectivity index (χ0) is 13.7. The minimum absolute atomic E-state index is 0.236. The minimum atomic E-state index is -0.249. The Hall–Kier alpha value is -2.33. The first-order valence-corrected chi connectivity index (χ1v) is 6.02. The van der Waals surface area contributed by atoms with Crippen LogP contribution in [-0.2, 0) is 13.2 Å². The first-order valence-electron chi connectivity index (χ1n) is 6.02. The van der Waals surface area contributed by atoms with Crippen molar-refractivity contribution in [1.82, 2.24) is 5.32 Å². The first-order chi connectivity index (χ1) is 9.22. The van der Waals surface area contributed by atoms with Crippen LogP contribution in [0.25, 0.3) is 0 Å². The van der Waals surface area contributed by atoms with Crippen molar-refractivity contribution in [3.63, 3.8) is 0 Å². The fourth-order valence-electron chi connectivity index (χ4n) is 1.87. The molecule has 0 aliphatic rings. The summed E-state index contributed by atoms with van der Waals surface area (Å²) in [6, 6.07) is 14.7. The maximum atomic E-state index is 12.1. The third kappa shape index (κ3) is 3.11. The van der Waals surface area contributed by atoms with Gasteiger partial charge in [0, 0.05) is 23.4 Å². The van der Waals surface area contributed by atoms with Crippen molar-refractivity contribution in [2.24, 2.45) is 0 Å². The van der Waals surface area contributed by atoms with Gasteiger partial charge in [-0.3, -0.25) is 4.79 Å². The van der Waals surface area contributed by atoms with E-state index in [0.29, 0.717) is 23.4 Å². The molecule has 0 unspecified atom stereocenters. The smallest absolute Gasteiger partial charge is 0.251 e. The highest BCUT2D eigenvalue weighted by Crippen LogP contribution is 2.17. The van der Waals surface area contributed by atoms with Gasteiger partial charge < -0.3 is 16.2 Å². The van der Waals surface area contributed by atoms with Crippen LogP contribution in [-0.4, -0.2) is 11.0 Å². The largest absolute Gasteiger partial charge is 0.398 e. The standard InChI is InChI=1S/C15H16N2O2/c16-14-8-4-7-12(13(14)10-18)15(19)17-9-11-5-2-1-3-6-11/h1-8,18H,9-10,16H2,(H,17,19). The van der Waals surface area contributed by atoms with Gasteiger partial charge in [-0.25, -0.2) is 0 Å². The van der Waals surface area contributed by atoms with Crippen molar-refractivity contribution in [2.45, 2.75) is 13.2 Å². The Balaban J connectivity index is 2.10. The van der Waals surface area contributed by atoms with Gasteiger partial charge in [0.1, 0.15) is 0 Å². The van der Waals surface area contributed by atoms with Crippen LogP contribution >= 0.6 is 0 Å². The van der Waals surface area contributed by atoms with E-state index in [2.05, 4.69) is 5.32 Å². The molecule has 19 heavy (non-hydrogen) atoms. The molecule has 0 aliphatic carbocycles. The summed E-state index contributed by atoms with van der Waals surface area (Å²) in [5, 5.41) is 12.1. The molecule has 4 N–H and O–H groups in total. The second-order valence-electron chi connectivity index (χ2n) is 4.20. The molecule has 0 bridgehead atoms. The van der Waals surface area contributed by atoms with Crippen molar-refractivity contribution < 1.29 is 9.90 Å². The molecule has 4 heteroatoms. The van der Waals surface area contributed by atoms with Crippen LogP contribution in [0.3, 0.4) is 0 Å². The SMILES string of the molecule is Nc1cccc(C(=O)NCc2ccccc2)c1CO. The molecular formula is C15H16N2O2. The second kappa shape index (κ2) is 6.02. The maximum absolute atomic E-state index is 12.1. The van der Waals surface area contributed by atoms with Crippen molar-refractivity contribution in [2.75, 3.05) is 5.73 Å². The third-order valence-corrected chi connectivity index (χ3v) is 2.91. The van der Waals surface area contributed by atoms with Crippen LogP contribution < -0.4 is 11.1 Å². The van der Waals surface area contributed by atoms with Crippen LogP contribution in [0.1, 0.15) is 21.5 Å². The highest BCUT2D eigenvalue weighted by molar-refractivity contribution is 5.96. The molecule has 0 saturated heterocycles. The Kier molecular flexibility index (Phi) is 4.15. The van der Waals surface area contributed by atoms with E-state index in [9.17, 15) is 9.90 Å². The van der Waals surface area contributed by atoms with Gasteiger partial charge in [-0.1, -0.05) is 36.4 Å². The van der Waals surface area contributed by atoms with Crippen LogP contribution in [0, 0.1) is 0 Å². The van der Waals surface area contributed by atoms with Crippen LogP contribution in [0.15, 0.2) is 48.5 Å². The molecule has 1 amide bonds. The second-order valence-corrected chi connectivity index (χ2v) is 4.20. The summed E-state index contributed by atoms with van der Waals surface area (Å²) in [6.07, 6.45) is 0. The molecule has 2 aromatic carbocycles. The van der Waals surface area contributed by atoms with Gasteiger partial charge in [0.05, 0.1) is 6.61 Å². The Morgan fingerprint density at radius 3 is 2.53 bits per heavy atom. The number of hydrogen-bond acceptors (Lipinski definition) is 3. The summed E-state index contributed by atoms with van der Waals surface area (Å²) in [6.45, 7) is 0.195. The number of anilines is 1. The zero-order valence-corrected chi connectivity index (χ0v) is 10.5. The summed E-state index contributed by atoms with van der Waals surface area (Å²) in [5.74, 6) is -0.236. The summed E-state index contributed by atoms with van der Waals surface area (Å²) in [4.78, 5) is 12.1. The lowest BCUT2D eigenvalue weighted by atomic mass is 10.1. The lowest BCUT2D eigenvalue weighted by Gasteiger charge is -2.10. The van der Waals surface area contributed by atoms with E-state index in [1.165, 1.54) is 0 Å². The molecular weight excluding hydrogens is 240 g/mol. The van der Waals surface area contributed by atoms with Crippen LogP contribution in [0.5, 0.6) is 0 Å². The monoisotopic (exact) mass is 256 g/mol. The summed E-state index contributed by atoms with van der Waals surface area (Å²) < 4.78 is 0. The minimum Gasteiger partial charge on any atom is -0.398 e. The highest BCUT2D eigenvalue weighted by atomic mass is 16.3. The Labute approximate surface area is 111 Å². The average molecular weight is 256 g/mol. The average Bonchev–Trinajstić information content (AvgIpc) is 2.45. The van der Waals surface area contributed by atoms with E-state index >= 15 is 0 Å². The number of carbonyl (C=O) groups is 1. The van der Waals surface area contributed by atoms with Gasteiger partial charge in [0.15, 0.2) is 0 Å². The van der Waals surface area contributed by atoms with Crippen molar-refractivity contribution >= 4 is 11.6 Å².